The van der Waals surface area contributed by atoms with Crippen molar-refractivity contribution in [2.24, 2.45) is 0 Å². The first-order valence-electron chi connectivity index (χ1n) is 10.0. The van der Waals surface area contributed by atoms with E-state index in [1.54, 1.807) is 19.2 Å². The molecule has 0 amide bonds. The van der Waals surface area contributed by atoms with Gasteiger partial charge in [-0.3, -0.25) is 4.79 Å². The summed E-state index contributed by atoms with van der Waals surface area (Å²) in [4.78, 5) is 13.3. The van der Waals surface area contributed by atoms with Crippen molar-refractivity contribution < 1.29 is 28.5 Å². The number of hydrogen-bond acceptors (Lipinski definition) is 6. The van der Waals surface area contributed by atoms with Crippen LogP contribution in [0.4, 0.5) is 0 Å². The second-order valence-corrected chi connectivity index (χ2v) is 10.2. The molecule has 1 radical (unpaired) electrons. The van der Waals surface area contributed by atoms with Gasteiger partial charge in [-0.25, -0.2) is 0 Å². The molecule has 0 fully saturated rings. The van der Waals surface area contributed by atoms with Gasteiger partial charge in [0.05, 0.1) is 21.3 Å². The Bertz CT molecular complexity index is 906. The molecule has 0 saturated heterocycles. The Labute approximate surface area is 205 Å². The van der Waals surface area contributed by atoms with Crippen molar-refractivity contribution in [2.75, 3.05) is 21.3 Å². The Morgan fingerprint density at radius 1 is 0.719 bits per heavy atom. The Balaban J connectivity index is 0.00000512. The monoisotopic (exact) mass is 455 g/mol. The predicted molar refractivity (Wildman–Crippen MR) is 131 cm³/mol. The fourth-order valence-corrected chi connectivity index (χ4v) is 3.88. The van der Waals surface area contributed by atoms with Crippen molar-refractivity contribution in [2.45, 2.75) is 52.7 Å². The Morgan fingerprint density at radius 2 is 1.22 bits per heavy atom. The molecule has 0 heterocycles. The van der Waals surface area contributed by atoms with Gasteiger partial charge in [0.2, 0.25) is 0 Å². The largest absolute Gasteiger partial charge is 0.496 e. The number of benzene rings is 2. The van der Waals surface area contributed by atoms with E-state index >= 15 is 0 Å². The van der Waals surface area contributed by atoms with Gasteiger partial charge in [0.25, 0.3) is 0 Å². The Kier molecular flexibility index (Phi) is 9.97. The standard InChI is InChI=1S/C24H33O6P.Li/c1-23(2,3)29-15-10-11-20(17(12-15)30-24(4,5)6)31-22(25)21-18(27-8)13-16(26-7)14-19(21)28-9;/h10-14,31H,1-9H3;. The summed E-state index contributed by atoms with van der Waals surface area (Å²) in [6.45, 7) is 11.9. The molecular formula is C24H33LiO6P. The molecule has 1 atom stereocenters. The third-order valence-electron chi connectivity index (χ3n) is 3.98. The summed E-state index contributed by atoms with van der Waals surface area (Å²) in [6.07, 6.45) is 0. The molecule has 0 aliphatic carbocycles. The summed E-state index contributed by atoms with van der Waals surface area (Å²) in [5.74, 6) is 2.66. The number of rotatable bonds is 8. The summed E-state index contributed by atoms with van der Waals surface area (Å²) in [5.41, 5.74) is -0.527. The molecular weight excluding hydrogens is 422 g/mol. The molecule has 0 aliphatic heterocycles. The van der Waals surface area contributed by atoms with Crippen LogP contribution in [-0.4, -0.2) is 56.9 Å². The molecule has 2 aromatic carbocycles. The molecule has 6 nitrogen and oxygen atoms in total. The molecule has 2 rings (SSSR count). The number of carbonyl (C=O) groups excluding carboxylic acids is 1. The van der Waals surface area contributed by atoms with Crippen LogP contribution in [0.3, 0.4) is 0 Å². The topological polar surface area (TPSA) is 63.2 Å². The van der Waals surface area contributed by atoms with Crippen molar-refractivity contribution >= 4 is 38.3 Å². The van der Waals surface area contributed by atoms with Gasteiger partial charge < -0.3 is 23.7 Å². The van der Waals surface area contributed by atoms with E-state index in [1.807, 2.05) is 59.7 Å². The van der Waals surface area contributed by atoms with Gasteiger partial charge in [-0.05, 0) is 62.3 Å². The van der Waals surface area contributed by atoms with E-state index in [9.17, 15) is 4.79 Å². The van der Waals surface area contributed by atoms with Gasteiger partial charge in [-0.15, -0.1) is 0 Å². The molecule has 8 heteroatoms. The van der Waals surface area contributed by atoms with Crippen LogP contribution in [0.2, 0.25) is 0 Å². The number of carbonyl (C=O) groups is 1. The summed E-state index contributed by atoms with van der Waals surface area (Å²) >= 11 is 0. The zero-order valence-corrected chi connectivity index (χ0v) is 21.8. The van der Waals surface area contributed by atoms with Crippen molar-refractivity contribution in [3.63, 3.8) is 0 Å². The number of methoxy groups -OCH3 is 3. The van der Waals surface area contributed by atoms with Gasteiger partial charge in [0.15, 0.2) is 5.52 Å². The van der Waals surface area contributed by atoms with Crippen LogP contribution in [0.25, 0.3) is 0 Å². The van der Waals surface area contributed by atoms with Crippen LogP contribution >= 0.6 is 8.58 Å². The van der Waals surface area contributed by atoms with Gasteiger partial charge >= 0.3 is 0 Å². The molecule has 171 valence electrons. The average Bonchev–Trinajstić information content (AvgIpc) is 2.66. The van der Waals surface area contributed by atoms with Gasteiger partial charge in [0.1, 0.15) is 45.5 Å². The van der Waals surface area contributed by atoms with E-state index in [0.717, 1.165) is 5.30 Å². The van der Waals surface area contributed by atoms with Crippen molar-refractivity contribution in [1.29, 1.82) is 0 Å². The predicted octanol–water partition coefficient (Wildman–Crippen LogP) is 4.83. The van der Waals surface area contributed by atoms with Gasteiger partial charge in [-0.1, -0.05) is 0 Å². The Hall–Kier alpha value is -1.86. The van der Waals surface area contributed by atoms with Crippen molar-refractivity contribution in [3.8, 4) is 28.7 Å². The van der Waals surface area contributed by atoms with E-state index in [0.29, 0.717) is 34.3 Å². The first-order valence-corrected chi connectivity index (χ1v) is 11.0. The van der Waals surface area contributed by atoms with E-state index in [-0.39, 0.29) is 38.6 Å². The first kappa shape index (κ1) is 28.2. The normalized spacial score (nSPS) is 11.7. The maximum absolute atomic E-state index is 13.3. The van der Waals surface area contributed by atoms with E-state index < -0.39 is 5.60 Å². The fourth-order valence-electron chi connectivity index (χ4n) is 2.85. The number of ether oxygens (including phenoxy) is 5. The second kappa shape index (κ2) is 11.3. The minimum atomic E-state index is -0.432. The van der Waals surface area contributed by atoms with E-state index in [1.165, 1.54) is 14.2 Å². The third-order valence-corrected chi connectivity index (χ3v) is 5.14. The smallest absolute Gasteiger partial charge is 0.193 e. The van der Waals surface area contributed by atoms with Crippen LogP contribution in [-0.2, 0) is 0 Å². The minimum absolute atomic E-state index is 0. The van der Waals surface area contributed by atoms with Crippen LogP contribution < -0.4 is 29.0 Å². The Morgan fingerprint density at radius 3 is 1.66 bits per heavy atom. The molecule has 1 unspecified atom stereocenters. The quantitative estimate of drug-likeness (QED) is 0.420. The molecule has 0 N–H and O–H groups in total. The zero-order chi connectivity index (χ0) is 23.4. The maximum atomic E-state index is 13.3. The van der Waals surface area contributed by atoms with Gasteiger partial charge in [0, 0.05) is 42.4 Å². The van der Waals surface area contributed by atoms with Crippen LogP contribution in [0.15, 0.2) is 30.3 Å². The zero-order valence-electron chi connectivity index (χ0n) is 20.8. The third kappa shape index (κ3) is 7.92. The van der Waals surface area contributed by atoms with Crippen LogP contribution in [0.5, 0.6) is 28.7 Å². The molecule has 0 spiro atoms. The van der Waals surface area contributed by atoms with Crippen molar-refractivity contribution in [3.05, 3.63) is 35.9 Å². The van der Waals surface area contributed by atoms with Crippen LogP contribution in [0.1, 0.15) is 51.9 Å². The molecule has 0 aromatic heterocycles. The second-order valence-electron chi connectivity index (χ2n) is 8.95. The summed E-state index contributed by atoms with van der Waals surface area (Å²) in [6, 6.07) is 8.93. The van der Waals surface area contributed by atoms with Gasteiger partial charge in [-0.2, -0.15) is 0 Å². The fraction of sp³-hybridized carbons (Fsp3) is 0.458. The minimum Gasteiger partial charge on any atom is -0.496 e. The first-order chi connectivity index (χ1) is 14.4. The molecule has 0 bridgehead atoms. The SMILES string of the molecule is COc1cc(OC)c(C(=O)Pc2ccc(OC(C)(C)C)cc2OC(C)(C)C)c(OC)c1.[Li]. The van der Waals surface area contributed by atoms with Crippen LogP contribution in [0, 0.1) is 0 Å². The van der Waals surface area contributed by atoms with E-state index in [4.69, 9.17) is 23.7 Å². The summed E-state index contributed by atoms with van der Waals surface area (Å²) < 4.78 is 28.3. The molecule has 0 aliphatic rings. The maximum Gasteiger partial charge on any atom is 0.193 e. The average molecular weight is 455 g/mol. The van der Waals surface area contributed by atoms with Crippen molar-refractivity contribution in [1.82, 2.24) is 0 Å². The summed E-state index contributed by atoms with van der Waals surface area (Å²) in [7, 11) is 4.38. The summed E-state index contributed by atoms with van der Waals surface area (Å²) in [5, 5.41) is 0.779. The van der Waals surface area contributed by atoms with E-state index in [2.05, 4.69) is 0 Å². The molecule has 32 heavy (non-hydrogen) atoms. The molecule has 0 saturated carbocycles. The number of hydrogen-bond donors (Lipinski definition) is 0. The molecule has 2 aromatic rings.